The maximum absolute atomic E-state index is 5.72. The third-order valence-electron chi connectivity index (χ3n) is 2.00. The predicted molar refractivity (Wildman–Crippen MR) is 58.0 cm³/mol. The van der Waals surface area contributed by atoms with Gasteiger partial charge in [0.25, 0.3) is 0 Å². The van der Waals surface area contributed by atoms with Gasteiger partial charge >= 0.3 is 8.56 Å². The second-order valence-electron chi connectivity index (χ2n) is 3.33. The molecule has 0 atom stereocenters. The molecule has 0 aromatic rings. The van der Waals surface area contributed by atoms with Crippen LogP contribution in [0.25, 0.3) is 0 Å². The summed E-state index contributed by atoms with van der Waals surface area (Å²) in [6.45, 7) is 10.9. The van der Waals surface area contributed by atoms with E-state index in [1.165, 1.54) is 0 Å². The third kappa shape index (κ3) is 5.41. The summed E-state index contributed by atoms with van der Waals surface area (Å²) < 4.78 is 11.4. The summed E-state index contributed by atoms with van der Waals surface area (Å²) in [4.78, 5) is 2.25. The van der Waals surface area contributed by atoms with Gasteiger partial charge in [-0.05, 0) is 34.0 Å². The van der Waals surface area contributed by atoms with Crippen LogP contribution in [0.1, 0.15) is 20.8 Å². The van der Waals surface area contributed by atoms with Crippen LogP contribution in [-0.4, -0.2) is 46.4 Å². The lowest BCUT2D eigenvalue weighted by atomic mass is 10.7. The molecular weight excluding hydrogens is 182 g/mol. The van der Waals surface area contributed by atoms with Crippen LogP contribution in [0.15, 0.2) is 0 Å². The lowest BCUT2D eigenvalue weighted by molar-refractivity contribution is 0.172. The van der Waals surface area contributed by atoms with Crippen molar-refractivity contribution >= 4 is 8.56 Å². The molecule has 0 aromatic heterocycles. The molecule has 0 aromatic carbocycles. The molecule has 0 N–H and O–H groups in total. The Balaban J connectivity index is 4.05. The van der Waals surface area contributed by atoms with E-state index in [0.717, 1.165) is 25.9 Å². The second kappa shape index (κ2) is 6.54. The van der Waals surface area contributed by atoms with Gasteiger partial charge in [0.1, 0.15) is 0 Å². The van der Waals surface area contributed by atoms with E-state index in [1.807, 2.05) is 13.8 Å². The van der Waals surface area contributed by atoms with Gasteiger partial charge in [-0.15, -0.1) is 0 Å². The van der Waals surface area contributed by atoms with E-state index >= 15 is 0 Å². The number of rotatable bonds is 7. The Morgan fingerprint density at radius 1 is 1.08 bits per heavy atom. The van der Waals surface area contributed by atoms with Crippen molar-refractivity contribution in [1.29, 1.82) is 0 Å². The van der Waals surface area contributed by atoms with E-state index < -0.39 is 8.56 Å². The molecule has 0 rings (SSSR count). The molecule has 3 nitrogen and oxygen atoms in total. The van der Waals surface area contributed by atoms with Gasteiger partial charge in [-0.1, -0.05) is 6.92 Å². The van der Waals surface area contributed by atoms with E-state index in [4.69, 9.17) is 8.85 Å². The van der Waals surface area contributed by atoms with Crippen LogP contribution in [-0.2, 0) is 8.85 Å². The van der Waals surface area contributed by atoms with Crippen LogP contribution in [0.5, 0.6) is 0 Å². The van der Waals surface area contributed by atoms with E-state index in [-0.39, 0.29) is 0 Å². The van der Waals surface area contributed by atoms with Crippen molar-refractivity contribution in [3.05, 3.63) is 0 Å². The van der Waals surface area contributed by atoms with Crippen LogP contribution in [0.2, 0.25) is 6.55 Å². The van der Waals surface area contributed by atoms with Crippen molar-refractivity contribution in [3.8, 4) is 0 Å². The summed E-state index contributed by atoms with van der Waals surface area (Å²) in [6, 6.07) is 0. The molecule has 0 bridgehead atoms. The molecule has 0 radical (unpaired) electrons. The van der Waals surface area contributed by atoms with Crippen molar-refractivity contribution in [2.45, 2.75) is 27.3 Å². The molecule has 0 aliphatic carbocycles. The van der Waals surface area contributed by atoms with Gasteiger partial charge in [0.15, 0.2) is 0 Å². The first-order valence-corrected chi connectivity index (χ1v) is 7.56. The van der Waals surface area contributed by atoms with Gasteiger partial charge in [0, 0.05) is 19.4 Å². The summed E-state index contributed by atoms with van der Waals surface area (Å²) >= 11 is 0. The summed E-state index contributed by atoms with van der Waals surface area (Å²) in [7, 11) is 0.193. The SMILES string of the molecule is CCO[Si](C)(CN(C)CC)OCC. The molecule has 80 valence electrons. The quantitative estimate of drug-likeness (QED) is 0.590. The number of nitrogens with zero attached hydrogens (tertiary/aromatic N) is 1. The zero-order valence-electron chi connectivity index (χ0n) is 9.59. The molecule has 0 saturated carbocycles. The smallest absolute Gasteiger partial charge is 0.349 e. The highest BCUT2D eigenvalue weighted by Gasteiger charge is 2.31. The first kappa shape index (κ1) is 13.1. The summed E-state index contributed by atoms with van der Waals surface area (Å²) in [5.41, 5.74) is 0. The zero-order chi connectivity index (χ0) is 10.3. The van der Waals surface area contributed by atoms with Crippen molar-refractivity contribution in [2.75, 3.05) is 33.0 Å². The van der Waals surface area contributed by atoms with Crippen molar-refractivity contribution in [3.63, 3.8) is 0 Å². The first-order chi connectivity index (χ1) is 6.08. The van der Waals surface area contributed by atoms with Gasteiger partial charge in [-0.2, -0.15) is 0 Å². The predicted octanol–water partition coefficient (Wildman–Crippen LogP) is 1.62. The highest BCUT2D eigenvalue weighted by atomic mass is 28.4. The molecular formula is C9H23NO2Si. The van der Waals surface area contributed by atoms with Gasteiger partial charge in [-0.25, -0.2) is 0 Å². The van der Waals surface area contributed by atoms with Gasteiger partial charge in [0.05, 0.1) is 0 Å². The minimum atomic E-state index is -1.91. The number of hydrogen-bond donors (Lipinski definition) is 0. The highest BCUT2D eigenvalue weighted by molar-refractivity contribution is 6.66. The molecule has 0 fully saturated rings. The Morgan fingerprint density at radius 3 is 1.85 bits per heavy atom. The molecule has 13 heavy (non-hydrogen) atoms. The number of hydrogen-bond acceptors (Lipinski definition) is 3. The summed E-state index contributed by atoms with van der Waals surface area (Å²) in [5.74, 6) is 0. The third-order valence-corrected chi connectivity index (χ3v) is 4.91. The summed E-state index contributed by atoms with van der Waals surface area (Å²) in [5, 5.41) is 0. The van der Waals surface area contributed by atoms with E-state index in [9.17, 15) is 0 Å². The average molecular weight is 205 g/mol. The molecule has 0 aliphatic heterocycles. The Labute approximate surface area is 83.3 Å². The molecule has 0 amide bonds. The Kier molecular flexibility index (Phi) is 6.58. The van der Waals surface area contributed by atoms with E-state index in [2.05, 4.69) is 25.4 Å². The Morgan fingerprint density at radius 2 is 1.54 bits per heavy atom. The van der Waals surface area contributed by atoms with E-state index in [0.29, 0.717) is 0 Å². The second-order valence-corrected chi connectivity index (χ2v) is 6.49. The normalized spacial score (nSPS) is 12.5. The maximum Gasteiger partial charge on any atom is 0.349 e. The van der Waals surface area contributed by atoms with E-state index in [1.54, 1.807) is 0 Å². The molecule has 0 unspecified atom stereocenters. The average Bonchev–Trinajstić information content (AvgIpc) is 2.04. The topological polar surface area (TPSA) is 21.7 Å². The van der Waals surface area contributed by atoms with Crippen LogP contribution in [0, 0.1) is 0 Å². The molecule has 4 heteroatoms. The monoisotopic (exact) mass is 205 g/mol. The Bertz CT molecular complexity index is 127. The fraction of sp³-hybridized carbons (Fsp3) is 1.00. The standard InChI is InChI=1S/C9H23NO2Si/c1-6-10(4)9-13(5,11-7-2)12-8-3/h6-9H2,1-5H3. The molecule has 0 saturated heterocycles. The minimum Gasteiger partial charge on any atom is -0.394 e. The Hall–Kier alpha value is 0.0969. The molecule has 0 spiro atoms. The first-order valence-electron chi connectivity index (χ1n) is 5.04. The summed E-state index contributed by atoms with van der Waals surface area (Å²) in [6.07, 6.45) is 0.950. The van der Waals surface area contributed by atoms with Crippen molar-refractivity contribution < 1.29 is 8.85 Å². The van der Waals surface area contributed by atoms with Crippen LogP contribution in [0.3, 0.4) is 0 Å². The zero-order valence-corrected chi connectivity index (χ0v) is 10.6. The maximum atomic E-state index is 5.72. The van der Waals surface area contributed by atoms with Crippen LogP contribution < -0.4 is 0 Å². The largest absolute Gasteiger partial charge is 0.394 e. The fourth-order valence-electron chi connectivity index (χ4n) is 1.35. The van der Waals surface area contributed by atoms with Crippen molar-refractivity contribution in [2.24, 2.45) is 0 Å². The molecule has 0 aliphatic rings. The fourth-order valence-corrected chi connectivity index (χ4v) is 4.04. The van der Waals surface area contributed by atoms with Crippen LogP contribution in [0.4, 0.5) is 0 Å². The van der Waals surface area contributed by atoms with Crippen molar-refractivity contribution in [1.82, 2.24) is 4.90 Å². The van der Waals surface area contributed by atoms with Gasteiger partial charge < -0.3 is 13.8 Å². The molecule has 0 heterocycles. The lowest BCUT2D eigenvalue weighted by Gasteiger charge is -2.29. The van der Waals surface area contributed by atoms with Gasteiger partial charge in [0.2, 0.25) is 0 Å². The minimum absolute atomic E-state index is 0.750. The highest BCUT2D eigenvalue weighted by Crippen LogP contribution is 2.08. The lowest BCUT2D eigenvalue weighted by Crippen LogP contribution is -2.49. The van der Waals surface area contributed by atoms with Gasteiger partial charge in [-0.3, -0.25) is 0 Å². The van der Waals surface area contributed by atoms with Crippen LogP contribution >= 0.6 is 0 Å².